The van der Waals surface area contributed by atoms with Gasteiger partial charge in [-0.15, -0.1) is 11.8 Å². The average molecular weight is 323 g/mol. The van der Waals surface area contributed by atoms with Gasteiger partial charge in [0.15, 0.2) is 0 Å². The van der Waals surface area contributed by atoms with Gasteiger partial charge in [0.2, 0.25) is 0 Å². The number of nitrogens with one attached hydrogen (secondary N) is 1. The van der Waals surface area contributed by atoms with Crippen LogP contribution in [0, 0.1) is 0 Å². The highest BCUT2D eigenvalue weighted by molar-refractivity contribution is 8.00. The molecule has 21 heavy (non-hydrogen) atoms. The Morgan fingerprint density at radius 3 is 2.86 bits per heavy atom. The van der Waals surface area contributed by atoms with Crippen molar-refractivity contribution >= 4 is 23.4 Å². The monoisotopic (exact) mass is 322 g/mol. The lowest BCUT2D eigenvalue weighted by atomic mass is 10.0. The molecule has 6 heteroatoms. The fourth-order valence-electron chi connectivity index (χ4n) is 2.81. The normalized spacial score (nSPS) is 19.0. The van der Waals surface area contributed by atoms with Crippen molar-refractivity contribution in [3.8, 4) is 0 Å². The average Bonchev–Trinajstić information content (AvgIpc) is 3.04. The van der Waals surface area contributed by atoms with Crippen LogP contribution in [0.1, 0.15) is 37.2 Å². The zero-order valence-corrected chi connectivity index (χ0v) is 13.7. The number of hydrogen-bond acceptors (Lipinski definition) is 4. The third-order valence-corrected chi connectivity index (χ3v) is 5.48. The van der Waals surface area contributed by atoms with Gasteiger partial charge in [-0.25, -0.2) is 0 Å². The maximum absolute atomic E-state index is 6.36. The van der Waals surface area contributed by atoms with Gasteiger partial charge in [0.25, 0.3) is 0 Å². The first kappa shape index (κ1) is 14.9. The van der Waals surface area contributed by atoms with Crippen molar-refractivity contribution in [3.05, 3.63) is 46.7 Å². The lowest BCUT2D eigenvalue weighted by molar-refractivity contribution is 0.441. The van der Waals surface area contributed by atoms with Gasteiger partial charge >= 0.3 is 0 Å². The first-order valence-corrected chi connectivity index (χ1v) is 8.31. The van der Waals surface area contributed by atoms with Crippen molar-refractivity contribution in [2.24, 2.45) is 5.84 Å². The van der Waals surface area contributed by atoms with Crippen LogP contribution in [0.4, 0.5) is 0 Å². The highest BCUT2D eigenvalue weighted by Gasteiger charge is 2.33. The van der Waals surface area contributed by atoms with Gasteiger partial charge in [-0.2, -0.15) is 5.10 Å². The van der Waals surface area contributed by atoms with E-state index >= 15 is 0 Å². The molecule has 0 aliphatic carbocycles. The number of nitrogens with zero attached hydrogens (tertiary/aromatic N) is 2. The summed E-state index contributed by atoms with van der Waals surface area (Å²) in [4.78, 5) is 1.33. The molecule has 0 saturated heterocycles. The number of nitrogens with two attached hydrogens (primary N) is 1. The minimum absolute atomic E-state index is 0.0280. The smallest absolute Gasteiger partial charge is 0.0835 e. The van der Waals surface area contributed by atoms with Crippen LogP contribution in [-0.2, 0) is 6.42 Å². The van der Waals surface area contributed by atoms with Crippen LogP contribution in [-0.4, -0.2) is 15.0 Å². The topological polar surface area (TPSA) is 55.9 Å². The summed E-state index contributed by atoms with van der Waals surface area (Å²) in [5.74, 6) is 5.85. The highest BCUT2D eigenvalue weighted by atomic mass is 35.5. The second-order valence-electron chi connectivity index (χ2n) is 5.53. The second-order valence-corrected chi connectivity index (χ2v) is 7.22. The fraction of sp³-hybridized carbons (Fsp3) is 0.400. The molecular weight excluding hydrogens is 304 g/mol. The molecule has 1 aromatic heterocycles. The lowest BCUT2D eigenvalue weighted by Crippen LogP contribution is -2.37. The Hall–Kier alpha value is -1.01. The van der Waals surface area contributed by atoms with E-state index in [0.29, 0.717) is 10.3 Å². The number of rotatable bonds is 4. The lowest BCUT2D eigenvalue weighted by Gasteiger charge is -2.24. The first-order chi connectivity index (χ1) is 10.1. The maximum atomic E-state index is 6.36. The summed E-state index contributed by atoms with van der Waals surface area (Å²) in [7, 11) is 0. The maximum Gasteiger partial charge on any atom is 0.0835 e. The van der Waals surface area contributed by atoms with E-state index in [9.17, 15) is 0 Å². The standard InChI is InChI=1S/C15H19ClN4S/c1-9(2)20-15(11(16)8-18-20)14(19-17)13-7-10-5-3-4-6-12(10)21-13/h3-6,8-9,13-14,19H,7,17H2,1-2H3. The van der Waals surface area contributed by atoms with Crippen LogP contribution in [0.3, 0.4) is 0 Å². The molecule has 2 unspecified atom stereocenters. The molecule has 1 aliphatic heterocycles. The van der Waals surface area contributed by atoms with Crippen molar-refractivity contribution in [2.45, 2.75) is 42.5 Å². The Morgan fingerprint density at radius 2 is 2.19 bits per heavy atom. The van der Waals surface area contributed by atoms with Crippen molar-refractivity contribution in [3.63, 3.8) is 0 Å². The Morgan fingerprint density at radius 1 is 1.43 bits per heavy atom. The molecule has 0 fully saturated rings. The molecule has 2 atom stereocenters. The highest BCUT2D eigenvalue weighted by Crippen LogP contribution is 2.43. The van der Waals surface area contributed by atoms with Crippen LogP contribution in [0.25, 0.3) is 0 Å². The summed E-state index contributed by atoms with van der Waals surface area (Å²) in [5, 5.41) is 5.37. The second kappa shape index (κ2) is 6.01. The molecule has 2 heterocycles. The zero-order chi connectivity index (χ0) is 15.0. The van der Waals surface area contributed by atoms with Crippen LogP contribution >= 0.6 is 23.4 Å². The van der Waals surface area contributed by atoms with Gasteiger partial charge in [0.05, 0.1) is 23.0 Å². The largest absolute Gasteiger partial charge is 0.271 e. The number of thioether (sulfide) groups is 1. The number of hydrogen-bond donors (Lipinski definition) is 2. The van der Waals surface area contributed by atoms with Crippen LogP contribution in [0.15, 0.2) is 35.4 Å². The third-order valence-electron chi connectivity index (χ3n) is 3.79. The quantitative estimate of drug-likeness (QED) is 0.669. The summed E-state index contributed by atoms with van der Waals surface area (Å²) < 4.78 is 1.95. The van der Waals surface area contributed by atoms with Crippen molar-refractivity contribution in [2.75, 3.05) is 0 Å². The molecule has 0 saturated carbocycles. The van der Waals surface area contributed by atoms with Crippen LogP contribution < -0.4 is 11.3 Å². The van der Waals surface area contributed by atoms with Gasteiger partial charge < -0.3 is 0 Å². The number of benzene rings is 1. The van der Waals surface area contributed by atoms with E-state index in [2.05, 4.69) is 48.6 Å². The SMILES string of the molecule is CC(C)n1ncc(Cl)c1C(NN)C1Cc2ccccc2S1. The van der Waals surface area contributed by atoms with Crippen molar-refractivity contribution < 1.29 is 0 Å². The minimum atomic E-state index is -0.0280. The number of halogens is 1. The Labute approximate surface area is 134 Å². The number of aromatic nitrogens is 2. The number of fused-ring (bicyclic) bond motifs is 1. The van der Waals surface area contributed by atoms with Crippen molar-refractivity contribution in [1.29, 1.82) is 0 Å². The molecule has 4 nitrogen and oxygen atoms in total. The third kappa shape index (κ3) is 2.71. The molecule has 1 aliphatic rings. The van der Waals surface area contributed by atoms with Gasteiger partial charge in [0, 0.05) is 16.2 Å². The molecule has 2 aromatic rings. The van der Waals surface area contributed by atoms with Crippen LogP contribution in [0.2, 0.25) is 5.02 Å². The summed E-state index contributed by atoms with van der Waals surface area (Å²) in [6.45, 7) is 4.19. The van der Waals surface area contributed by atoms with E-state index in [1.165, 1.54) is 10.5 Å². The summed E-state index contributed by atoms with van der Waals surface area (Å²) in [6, 6.07) is 8.71. The molecule has 0 bridgehead atoms. The Bertz CT molecular complexity index is 615. The molecule has 0 spiro atoms. The molecule has 3 rings (SSSR count). The van der Waals surface area contributed by atoms with Gasteiger partial charge in [-0.3, -0.25) is 16.0 Å². The Kier molecular flexibility index (Phi) is 4.26. The van der Waals surface area contributed by atoms with E-state index in [-0.39, 0.29) is 12.1 Å². The van der Waals surface area contributed by atoms with E-state index in [0.717, 1.165) is 12.1 Å². The predicted octanol–water partition coefficient (Wildman–Crippen LogP) is 3.34. The van der Waals surface area contributed by atoms with E-state index in [1.54, 1.807) is 6.20 Å². The molecule has 1 aromatic carbocycles. The van der Waals surface area contributed by atoms with Crippen molar-refractivity contribution in [1.82, 2.24) is 15.2 Å². The van der Waals surface area contributed by atoms with Gasteiger partial charge in [-0.1, -0.05) is 29.8 Å². The summed E-state index contributed by atoms with van der Waals surface area (Å²) >= 11 is 8.22. The predicted molar refractivity (Wildman–Crippen MR) is 87.5 cm³/mol. The Balaban J connectivity index is 1.93. The zero-order valence-electron chi connectivity index (χ0n) is 12.1. The van der Waals surface area contributed by atoms with E-state index in [4.69, 9.17) is 17.4 Å². The summed E-state index contributed by atoms with van der Waals surface area (Å²) in [5.41, 5.74) is 5.30. The molecule has 0 radical (unpaired) electrons. The van der Waals surface area contributed by atoms with Gasteiger partial charge in [-0.05, 0) is 31.9 Å². The molecule has 3 N–H and O–H groups in total. The van der Waals surface area contributed by atoms with E-state index in [1.807, 2.05) is 16.4 Å². The summed E-state index contributed by atoms with van der Waals surface area (Å²) in [6.07, 6.45) is 2.68. The first-order valence-electron chi connectivity index (χ1n) is 7.05. The van der Waals surface area contributed by atoms with E-state index < -0.39 is 0 Å². The fourth-order valence-corrected chi connectivity index (χ4v) is 4.45. The van der Waals surface area contributed by atoms with Gasteiger partial charge in [0.1, 0.15) is 0 Å². The molecular formula is C15H19ClN4S. The van der Waals surface area contributed by atoms with Crippen LogP contribution in [0.5, 0.6) is 0 Å². The molecule has 112 valence electrons. The minimum Gasteiger partial charge on any atom is -0.271 e. The molecule has 0 amide bonds. The number of hydrazine groups is 1.